The van der Waals surface area contributed by atoms with Crippen molar-refractivity contribution in [2.45, 2.75) is 19.0 Å². The van der Waals surface area contributed by atoms with Gasteiger partial charge in [0, 0.05) is 30.6 Å². The summed E-state index contributed by atoms with van der Waals surface area (Å²) in [5.41, 5.74) is 8.81. The molecule has 1 aromatic carbocycles. The second-order valence-corrected chi connectivity index (χ2v) is 5.75. The van der Waals surface area contributed by atoms with Crippen LogP contribution in [-0.2, 0) is 13.0 Å². The maximum atomic E-state index is 5.99. The van der Waals surface area contributed by atoms with E-state index in [4.69, 9.17) is 5.73 Å². The smallest absolute Gasteiger partial charge is 0.0474 e. The van der Waals surface area contributed by atoms with Crippen LogP contribution in [-0.4, -0.2) is 18.0 Å². The molecule has 2 heterocycles. The third kappa shape index (κ3) is 2.21. The van der Waals surface area contributed by atoms with Crippen LogP contribution in [0.15, 0.2) is 41.8 Å². The molecule has 1 aromatic heterocycles. The fraction of sp³-hybridized carbons (Fsp3) is 0.333. The zero-order valence-corrected chi connectivity index (χ0v) is 11.2. The molecule has 3 heteroatoms. The number of benzene rings is 1. The lowest BCUT2D eigenvalue weighted by Crippen LogP contribution is -2.37. The predicted molar refractivity (Wildman–Crippen MR) is 76.7 cm³/mol. The molecule has 2 aromatic rings. The highest BCUT2D eigenvalue weighted by atomic mass is 32.1. The number of fused-ring (bicyclic) bond motifs is 1. The van der Waals surface area contributed by atoms with E-state index < -0.39 is 0 Å². The van der Waals surface area contributed by atoms with Crippen molar-refractivity contribution in [2.75, 3.05) is 13.1 Å². The van der Waals surface area contributed by atoms with E-state index in [-0.39, 0.29) is 0 Å². The van der Waals surface area contributed by atoms with Gasteiger partial charge in [0.15, 0.2) is 0 Å². The van der Waals surface area contributed by atoms with Gasteiger partial charge in [0.25, 0.3) is 0 Å². The van der Waals surface area contributed by atoms with E-state index in [0.717, 1.165) is 19.5 Å². The highest BCUT2D eigenvalue weighted by molar-refractivity contribution is 7.10. The fourth-order valence-corrected chi connectivity index (χ4v) is 3.60. The van der Waals surface area contributed by atoms with Crippen molar-refractivity contribution >= 4 is 11.3 Å². The Kier molecular flexibility index (Phi) is 3.46. The normalized spacial score (nSPS) is 17.4. The summed E-state index contributed by atoms with van der Waals surface area (Å²) in [6.45, 7) is 2.84. The van der Waals surface area contributed by atoms with Gasteiger partial charge in [-0.05, 0) is 29.0 Å². The molecule has 1 aliphatic rings. The first-order valence-corrected chi connectivity index (χ1v) is 7.31. The van der Waals surface area contributed by atoms with Gasteiger partial charge in [-0.2, -0.15) is 0 Å². The summed E-state index contributed by atoms with van der Waals surface area (Å²) in [6, 6.07) is 13.2. The van der Waals surface area contributed by atoms with E-state index in [1.54, 1.807) is 4.88 Å². The van der Waals surface area contributed by atoms with Crippen molar-refractivity contribution in [3.05, 3.63) is 57.8 Å². The first-order valence-electron chi connectivity index (χ1n) is 6.43. The second kappa shape index (κ2) is 5.22. The molecule has 0 saturated carbocycles. The molecular formula is C15H18N2S. The molecule has 1 atom stereocenters. The van der Waals surface area contributed by atoms with Crippen LogP contribution in [0.5, 0.6) is 0 Å². The van der Waals surface area contributed by atoms with Crippen molar-refractivity contribution in [3.8, 4) is 0 Å². The van der Waals surface area contributed by atoms with E-state index in [1.165, 1.54) is 11.1 Å². The van der Waals surface area contributed by atoms with E-state index in [0.29, 0.717) is 12.6 Å². The van der Waals surface area contributed by atoms with E-state index in [1.807, 2.05) is 11.3 Å². The maximum absolute atomic E-state index is 5.99. The van der Waals surface area contributed by atoms with Gasteiger partial charge in [0.05, 0.1) is 0 Å². The third-order valence-electron chi connectivity index (χ3n) is 3.69. The minimum Gasteiger partial charge on any atom is -0.329 e. The van der Waals surface area contributed by atoms with Crippen molar-refractivity contribution in [2.24, 2.45) is 5.73 Å². The Labute approximate surface area is 112 Å². The molecule has 2 N–H and O–H groups in total. The molecule has 3 rings (SSSR count). The van der Waals surface area contributed by atoms with Crippen molar-refractivity contribution in [1.29, 1.82) is 0 Å². The molecule has 0 spiro atoms. The Bertz CT molecular complexity index is 506. The molecule has 0 aliphatic carbocycles. The molecule has 0 radical (unpaired) electrons. The number of rotatable bonds is 3. The standard InChI is InChI=1S/C15H18N2S/c16-10-14(12-4-2-1-3-5-12)17-8-6-15-13(11-17)7-9-18-15/h1-5,7,9,14H,6,8,10-11,16H2/t14-/m1/s1. The van der Waals surface area contributed by atoms with Crippen LogP contribution < -0.4 is 5.73 Å². The summed E-state index contributed by atoms with van der Waals surface area (Å²) in [5.74, 6) is 0. The van der Waals surface area contributed by atoms with Crippen molar-refractivity contribution in [3.63, 3.8) is 0 Å². The van der Waals surface area contributed by atoms with Crippen molar-refractivity contribution in [1.82, 2.24) is 4.90 Å². The topological polar surface area (TPSA) is 29.3 Å². The molecule has 0 bridgehead atoms. The van der Waals surface area contributed by atoms with Crippen LogP contribution >= 0.6 is 11.3 Å². The fourth-order valence-electron chi connectivity index (χ4n) is 2.71. The number of nitrogens with two attached hydrogens (primary N) is 1. The number of thiophene rings is 1. The highest BCUT2D eigenvalue weighted by Gasteiger charge is 2.24. The molecule has 0 unspecified atom stereocenters. The molecule has 1 aliphatic heterocycles. The predicted octanol–water partition coefficient (Wildman–Crippen LogP) is 2.81. The summed E-state index contributed by atoms with van der Waals surface area (Å²) < 4.78 is 0. The number of nitrogens with zero attached hydrogens (tertiary/aromatic N) is 1. The van der Waals surface area contributed by atoms with Gasteiger partial charge >= 0.3 is 0 Å². The van der Waals surface area contributed by atoms with Gasteiger partial charge in [-0.3, -0.25) is 4.90 Å². The van der Waals surface area contributed by atoms with Crippen LogP contribution in [0.2, 0.25) is 0 Å². The Morgan fingerprint density at radius 3 is 2.83 bits per heavy atom. The molecule has 94 valence electrons. The maximum Gasteiger partial charge on any atom is 0.0474 e. The Hall–Kier alpha value is -1.16. The Balaban J connectivity index is 1.82. The monoisotopic (exact) mass is 258 g/mol. The molecule has 0 amide bonds. The number of hydrogen-bond donors (Lipinski definition) is 1. The van der Waals surface area contributed by atoms with Gasteiger partial charge in [0.2, 0.25) is 0 Å². The van der Waals surface area contributed by atoms with Gasteiger partial charge < -0.3 is 5.73 Å². The molecular weight excluding hydrogens is 240 g/mol. The number of hydrogen-bond acceptors (Lipinski definition) is 3. The largest absolute Gasteiger partial charge is 0.329 e. The first kappa shape index (κ1) is 11.9. The van der Waals surface area contributed by atoms with Gasteiger partial charge in [-0.25, -0.2) is 0 Å². The van der Waals surface area contributed by atoms with Crippen molar-refractivity contribution < 1.29 is 0 Å². The zero-order valence-electron chi connectivity index (χ0n) is 10.4. The SMILES string of the molecule is NC[C@H](c1ccccc1)N1CCc2sccc2C1. The van der Waals surface area contributed by atoms with Crippen LogP contribution in [0, 0.1) is 0 Å². The second-order valence-electron chi connectivity index (χ2n) is 4.75. The quantitative estimate of drug-likeness (QED) is 0.917. The van der Waals surface area contributed by atoms with E-state index >= 15 is 0 Å². The van der Waals surface area contributed by atoms with Crippen LogP contribution in [0.25, 0.3) is 0 Å². The lowest BCUT2D eigenvalue weighted by molar-refractivity contribution is 0.185. The summed E-state index contributed by atoms with van der Waals surface area (Å²) in [6.07, 6.45) is 1.16. The van der Waals surface area contributed by atoms with Crippen LogP contribution in [0.1, 0.15) is 22.0 Å². The summed E-state index contributed by atoms with van der Waals surface area (Å²) in [5, 5.41) is 2.20. The molecule has 18 heavy (non-hydrogen) atoms. The molecule has 0 fully saturated rings. The molecule has 2 nitrogen and oxygen atoms in total. The van der Waals surface area contributed by atoms with Crippen LogP contribution in [0.3, 0.4) is 0 Å². The van der Waals surface area contributed by atoms with Crippen LogP contribution in [0.4, 0.5) is 0 Å². The van der Waals surface area contributed by atoms with Gasteiger partial charge in [0.1, 0.15) is 0 Å². The summed E-state index contributed by atoms with van der Waals surface area (Å²) in [4.78, 5) is 4.06. The zero-order chi connectivity index (χ0) is 12.4. The average Bonchev–Trinajstić information content (AvgIpc) is 2.88. The minimum absolute atomic E-state index is 0.347. The lowest BCUT2D eigenvalue weighted by atomic mass is 10.0. The average molecular weight is 258 g/mol. The third-order valence-corrected chi connectivity index (χ3v) is 4.71. The minimum atomic E-state index is 0.347. The molecule has 0 saturated heterocycles. The summed E-state index contributed by atoms with van der Waals surface area (Å²) in [7, 11) is 0. The van der Waals surface area contributed by atoms with Gasteiger partial charge in [-0.1, -0.05) is 30.3 Å². The highest BCUT2D eigenvalue weighted by Crippen LogP contribution is 2.29. The first-order chi connectivity index (χ1) is 8.88. The summed E-state index contributed by atoms with van der Waals surface area (Å²) >= 11 is 1.88. The van der Waals surface area contributed by atoms with E-state index in [2.05, 4.69) is 46.7 Å². The van der Waals surface area contributed by atoms with E-state index in [9.17, 15) is 0 Å². The van der Waals surface area contributed by atoms with Gasteiger partial charge in [-0.15, -0.1) is 11.3 Å². The lowest BCUT2D eigenvalue weighted by Gasteiger charge is -2.34. The Morgan fingerprint density at radius 1 is 1.22 bits per heavy atom. The Morgan fingerprint density at radius 2 is 2.06 bits per heavy atom.